The van der Waals surface area contributed by atoms with Crippen LogP contribution in [-0.4, -0.2) is 64.7 Å². The molecule has 0 radical (unpaired) electrons. The normalized spacial score (nSPS) is 22.9. The van der Waals surface area contributed by atoms with Crippen LogP contribution >= 0.6 is 0 Å². The van der Waals surface area contributed by atoms with Gasteiger partial charge in [0.2, 0.25) is 11.9 Å². The summed E-state index contributed by atoms with van der Waals surface area (Å²) in [6, 6.07) is -0.541. The highest BCUT2D eigenvalue weighted by atomic mass is 16.5. The fourth-order valence-corrected chi connectivity index (χ4v) is 4.29. The lowest BCUT2D eigenvalue weighted by Crippen LogP contribution is -2.54. The standard InChI is InChI=1S/C24H44N4O5/c1-2-3-4-5-6-7-8-9-10-11-12-13-14-15-21(31)26-23-25-18-28(24(32)27-23)22-16-19(30)20(17-29)33-22/h19-20,22,29-30H,2-18H2,1H3,(H2,25,26,27,31,32). The largest absolute Gasteiger partial charge is 0.394 e. The molecule has 3 unspecified atom stereocenters. The number of ether oxygens (including phenoxy) is 1. The SMILES string of the molecule is CCCCCCCCCCCCCCCC(=O)NC1=NC(=O)N(C2CC(O)C(CO)O2)CN1. The van der Waals surface area contributed by atoms with Gasteiger partial charge in [0.1, 0.15) is 12.3 Å². The van der Waals surface area contributed by atoms with Crippen LogP contribution in [0, 0.1) is 0 Å². The van der Waals surface area contributed by atoms with Crippen molar-refractivity contribution in [2.75, 3.05) is 13.3 Å². The van der Waals surface area contributed by atoms with E-state index in [0.717, 1.165) is 19.3 Å². The van der Waals surface area contributed by atoms with Crippen LogP contribution in [0.15, 0.2) is 4.99 Å². The van der Waals surface area contributed by atoms with Gasteiger partial charge in [-0.15, -0.1) is 0 Å². The van der Waals surface area contributed by atoms with Gasteiger partial charge in [-0.1, -0.05) is 84.0 Å². The van der Waals surface area contributed by atoms with Gasteiger partial charge in [-0.3, -0.25) is 15.0 Å². The van der Waals surface area contributed by atoms with Crippen LogP contribution in [0.5, 0.6) is 0 Å². The summed E-state index contributed by atoms with van der Waals surface area (Å²) in [7, 11) is 0. The number of aliphatic imine (C=N–C) groups is 1. The average molecular weight is 469 g/mol. The van der Waals surface area contributed by atoms with Gasteiger partial charge in [-0.2, -0.15) is 4.99 Å². The number of aliphatic hydroxyl groups excluding tert-OH is 2. The molecule has 9 heteroatoms. The molecule has 0 spiro atoms. The van der Waals surface area contributed by atoms with E-state index in [1.54, 1.807) is 0 Å². The molecule has 4 N–H and O–H groups in total. The average Bonchev–Trinajstić information content (AvgIpc) is 3.17. The van der Waals surface area contributed by atoms with Crippen molar-refractivity contribution in [3.63, 3.8) is 0 Å². The molecule has 2 rings (SSSR count). The van der Waals surface area contributed by atoms with E-state index in [2.05, 4.69) is 22.5 Å². The molecule has 2 aliphatic rings. The topological polar surface area (TPSA) is 123 Å². The lowest BCUT2D eigenvalue weighted by atomic mass is 10.0. The Labute approximate surface area is 198 Å². The Morgan fingerprint density at radius 2 is 1.64 bits per heavy atom. The molecule has 1 fully saturated rings. The van der Waals surface area contributed by atoms with Gasteiger partial charge in [0.15, 0.2) is 0 Å². The molecule has 33 heavy (non-hydrogen) atoms. The fourth-order valence-electron chi connectivity index (χ4n) is 4.29. The Balaban J connectivity index is 1.49. The van der Waals surface area contributed by atoms with Crippen LogP contribution in [-0.2, 0) is 9.53 Å². The van der Waals surface area contributed by atoms with E-state index in [0.29, 0.717) is 6.42 Å². The van der Waals surface area contributed by atoms with Crippen molar-refractivity contribution in [3.05, 3.63) is 0 Å². The summed E-state index contributed by atoms with van der Waals surface area (Å²) < 4.78 is 5.49. The highest BCUT2D eigenvalue weighted by Crippen LogP contribution is 2.24. The number of carbonyl (C=O) groups excluding carboxylic acids is 2. The first kappa shape index (κ1) is 27.5. The van der Waals surface area contributed by atoms with E-state index >= 15 is 0 Å². The number of urea groups is 1. The molecule has 190 valence electrons. The molecule has 0 saturated carbocycles. The quantitative estimate of drug-likeness (QED) is 0.258. The third kappa shape index (κ3) is 10.4. The number of guanidine groups is 1. The number of amides is 3. The number of hydrogen-bond acceptors (Lipinski definition) is 6. The van der Waals surface area contributed by atoms with Gasteiger partial charge < -0.3 is 20.3 Å². The summed E-state index contributed by atoms with van der Waals surface area (Å²) in [5.41, 5.74) is 0. The maximum Gasteiger partial charge on any atom is 0.350 e. The number of hydrogen-bond donors (Lipinski definition) is 4. The summed E-state index contributed by atoms with van der Waals surface area (Å²) >= 11 is 0. The summed E-state index contributed by atoms with van der Waals surface area (Å²) in [5, 5.41) is 24.6. The lowest BCUT2D eigenvalue weighted by Gasteiger charge is -2.30. The number of aliphatic hydroxyl groups is 2. The first-order valence-corrected chi connectivity index (χ1v) is 12.9. The van der Waals surface area contributed by atoms with Crippen LogP contribution < -0.4 is 10.6 Å². The second kappa shape index (κ2) is 16.0. The molecular formula is C24H44N4O5. The third-order valence-electron chi connectivity index (χ3n) is 6.37. The van der Waals surface area contributed by atoms with Crippen LogP contribution in [0.1, 0.15) is 103 Å². The van der Waals surface area contributed by atoms with Crippen molar-refractivity contribution < 1.29 is 24.5 Å². The minimum absolute atomic E-state index is 0.117. The van der Waals surface area contributed by atoms with Crippen molar-refractivity contribution in [1.29, 1.82) is 0 Å². The molecule has 0 bridgehead atoms. The highest BCUT2D eigenvalue weighted by Gasteiger charge is 2.39. The van der Waals surface area contributed by atoms with Gasteiger partial charge in [0, 0.05) is 12.8 Å². The first-order valence-electron chi connectivity index (χ1n) is 12.9. The maximum atomic E-state index is 12.3. The number of unbranched alkanes of at least 4 members (excludes halogenated alkanes) is 12. The summed E-state index contributed by atoms with van der Waals surface area (Å²) in [4.78, 5) is 29.6. The van der Waals surface area contributed by atoms with Crippen molar-refractivity contribution >= 4 is 17.9 Å². The van der Waals surface area contributed by atoms with Crippen molar-refractivity contribution in [2.24, 2.45) is 4.99 Å². The van der Waals surface area contributed by atoms with E-state index < -0.39 is 24.5 Å². The molecule has 2 aliphatic heterocycles. The summed E-state index contributed by atoms with van der Waals surface area (Å²) in [5.74, 6) is -0.00773. The minimum atomic E-state index is -0.821. The van der Waals surface area contributed by atoms with Crippen LogP contribution in [0.3, 0.4) is 0 Å². The maximum absolute atomic E-state index is 12.3. The van der Waals surface area contributed by atoms with Gasteiger partial charge in [0.05, 0.1) is 19.4 Å². The zero-order chi connectivity index (χ0) is 23.9. The molecule has 0 aromatic rings. The number of rotatable bonds is 16. The monoisotopic (exact) mass is 468 g/mol. The van der Waals surface area contributed by atoms with Gasteiger partial charge >= 0.3 is 6.03 Å². The Morgan fingerprint density at radius 3 is 2.15 bits per heavy atom. The van der Waals surface area contributed by atoms with Crippen LogP contribution in [0.4, 0.5) is 4.79 Å². The molecule has 0 aliphatic carbocycles. The predicted octanol–water partition coefficient (Wildman–Crippen LogP) is 3.39. The van der Waals surface area contributed by atoms with Crippen molar-refractivity contribution in [1.82, 2.24) is 15.5 Å². The fraction of sp³-hybridized carbons (Fsp3) is 0.875. The molecule has 3 atom stereocenters. The van der Waals surface area contributed by atoms with Gasteiger partial charge in [0.25, 0.3) is 0 Å². The molecule has 3 amide bonds. The Bertz CT molecular complexity index is 616. The number of nitrogens with one attached hydrogen (secondary N) is 2. The highest BCUT2D eigenvalue weighted by molar-refractivity contribution is 6.02. The zero-order valence-electron chi connectivity index (χ0n) is 20.3. The molecule has 0 aromatic carbocycles. The van der Waals surface area contributed by atoms with Crippen LogP contribution in [0.2, 0.25) is 0 Å². The first-order chi connectivity index (χ1) is 16.0. The zero-order valence-corrected chi connectivity index (χ0v) is 20.3. The smallest absolute Gasteiger partial charge is 0.350 e. The summed E-state index contributed by atoms with van der Waals surface area (Å²) in [6.45, 7) is 2.06. The second-order valence-corrected chi connectivity index (χ2v) is 9.20. The molecule has 0 aromatic heterocycles. The number of carbonyl (C=O) groups is 2. The summed E-state index contributed by atoms with van der Waals surface area (Å²) in [6.07, 6.45) is 14.8. The van der Waals surface area contributed by atoms with E-state index in [9.17, 15) is 19.8 Å². The third-order valence-corrected chi connectivity index (χ3v) is 6.37. The molecule has 2 heterocycles. The van der Waals surface area contributed by atoms with E-state index in [4.69, 9.17) is 4.74 Å². The van der Waals surface area contributed by atoms with E-state index in [-0.39, 0.29) is 31.6 Å². The predicted molar refractivity (Wildman–Crippen MR) is 127 cm³/mol. The molecule has 1 saturated heterocycles. The minimum Gasteiger partial charge on any atom is -0.394 e. The second-order valence-electron chi connectivity index (χ2n) is 9.20. The Kier molecular flexibility index (Phi) is 13.4. The van der Waals surface area contributed by atoms with E-state index in [1.165, 1.54) is 69.1 Å². The molecular weight excluding hydrogens is 424 g/mol. The lowest BCUT2D eigenvalue weighted by molar-refractivity contribution is -0.119. The number of nitrogens with zero attached hydrogens (tertiary/aromatic N) is 2. The van der Waals surface area contributed by atoms with E-state index in [1.807, 2.05) is 0 Å². The van der Waals surface area contributed by atoms with Crippen molar-refractivity contribution in [2.45, 2.75) is 122 Å². The Morgan fingerprint density at radius 1 is 1.06 bits per heavy atom. The Hall–Kier alpha value is -1.71. The van der Waals surface area contributed by atoms with Gasteiger partial charge in [-0.25, -0.2) is 4.79 Å². The van der Waals surface area contributed by atoms with Crippen LogP contribution in [0.25, 0.3) is 0 Å². The van der Waals surface area contributed by atoms with Crippen molar-refractivity contribution in [3.8, 4) is 0 Å². The molecule has 9 nitrogen and oxygen atoms in total. The van der Waals surface area contributed by atoms with Gasteiger partial charge in [-0.05, 0) is 6.42 Å².